The molecule has 22 heavy (non-hydrogen) atoms. The summed E-state index contributed by atoms with van der Waals surface area (Å²) in [5.41, 5.74) is 6.03. The van der Waals surface area contributed by atoms with Gasteiger partial charge in [-0.05, 0) is 18.8 Å². The third kappa shape index (κ3) is 4.24. The molecule has 0 spiro atoms. The van der Waals surface area contributed by atoms with Crippen molar-refractivity contribution >= 4 is 24.0 Å². The molecule has 1 aliphatic carbocycles. The van der Waals surface area contributed by atoms with Crippen LogP contribution in [-0.2, 0) is 4.79 Å². The van der Waals surface area contributed by atoms with Crippen LogP contribution in [0.2, 0.25) is 0 Å². The summed E-state index contributed by atoms with van der Waals surface area (Å²) < 4.78 is 24.0. The minimum atomic E-state index is -0.559. The average Bonchev–Trinajstić information content (AvgIpc) is 2.85. The Morgan fingerprint density at radius 3 is 2.50 bits per heavy atom. The molecule has 1 aliphatic rings. The largest absolute Gasteiger partial charge is 0.493 e. The Kier molecular flexibility index (Phi) is 6.90. The molecule has 1 saturated carbocycles. The highest BCUT2D eigenvalue weighted by Gasteiger charge is 2.26. The molecule has 1 fully saturated rings. The number of amides is 1. The first-order chi connectivity index (χ1) is 10.0. The van der Waals surface area contributed by atoms with Crippen molar-refractivity contribution in [2.45, 2.75) is 31.7 Å². The van der Waals surface area contributed by atoms with Crippen LogP contribution in [0.25, 0.3) is 0 Å². The van der Waals surface area contributed by atoms with Crippen LogP contribution in [0.3, 0.4) is 0 Å². The first kappa shape index (κ1) is 18.5. The predicted molar refractivity (Wildman–Crippen MR) is 85.3 cm³/mol. The number of ether oxygens (including phenoxy) is 2. The van der Waals surface area contributed by atoms with E-state index in [1.54, 1.807) is 0 Å². The van der Waals surface area contributed by atoms with E-state index in [2.05, 4.69) is 5.32 Å². The first-order valence-electron chi connectivity index (χ1n) is 7.02. The maximum Gasteiger partial charge on any atom is 0.224 e. The van der Waals surface area contributed by atoms with Crippen LogP contribution in [0, 0.1) is 11.7 Å². The summed E-state index contributed by atoms with van der Waals surface area (Å²) in [6.45, 7) is 0. The van der Waals surface area contributed by atoms with E-state index in [-0.39, 0.29) is 41.7 Å². The molecule has 5 nitrogen and oxygen atoms in total. The molecule has 2 atom stereocenters. The highest BCUT2D eigenvalue weighted by molar-refractivity contribution is 5.91. The summed E-state index contributed by atoms with van der Waals surface area (Å²) >= 11 is 0. The summed E-state index contributed by atoms with van der Waals surface area (Å²) in [4.78, 5) is 12.0. The van der Waals surface area contributed by atoms with Gasteiger partial charge in [-0.2, -0.15) is 0 Å². The zero-order valence-electron chi connectivity index (χ0n) is 12.7. The maximum atomic E-state index is 13.9. The van der Waals surface area contributed by atoms with E-state index in [4.69, 9.17) is 15.2 Å². The number of halogens is 2. The molecule has 0 aliphatic heterocycles. The van der Waals surface area contributed by atoms with Gasteiger partial charge in [-0.15, -0.1) is 12.4 Å². The normalized spacial score (nSPS) is 20.2. The second kappa shape index (κ2) is 8.19. The highest BCUT2D eigenvalue weighted by atomic mass is 35.5. The van der Waals surface area contributed by atoms with Gasteiger partial charge in [-0.3, -0.25) is 4.79 Å². The molecule has 1 aromatic rings. The van der Waals surface area contributed by atoms with Gasteiger partial charge in [-0.1, -0.05) is 6.42 Å². The van der Waals surface area contributed by atoms with Gasteiger partial charge in [-0.25, -0.2) is 4.39 Å². The lowest BCUT2D eigenvalue weighted by Gasteiger charge is -2.16. The molecule has 1 aromatic carbocycles. The van der Waals surface area contributed by atoms with Crippen molar-refractivity contribution in [2.24, 2.45) is 11.7 Å². The van der Waals surface area contributed by atoms with Gasteiger partial charge in [0.1, 0.15) is 0 Å². The van der Waals surface area contributed by atoms with Gasteiger partial charge in [0.2, 0.25) is 5.91 Å². The lowest BCUT2D eigenvalue weighted by atomic mass is 10.00. The van der Waals surface area contributed by atoms with Crippen LogP contribution in [0.5, 0.6) is 11.5 Å². The van der Waals surface area contributed by atoms with Crippen LogP contribution in [0.4, 0.5) is 10.1 Å². The van der Waals surface area contributed by atoms with Crippen molar-refractivity contribution in [1.29, 1.82) is 0 Å². The number of carbonyl (C=O) groups is 1. The third-order valence-corrected chi connectivity index (χ3v) is 3.91. The number of rotatable bonds is 5. The number of methoxy groups -OCH3 is 2. The molecule has 0 bridgehead atoms. The summed E-state index contributed by atoms with van der Waals surface area (Å²) in [6, 6.07) is 2.67. The minimum Gasteiger partial charge on any atom is -0.493 e. The smallest absolute Gasteiger partial charge is 0.224 e. The highest BCUT2D eigenvalue weighted by Crippen LogP contribution is 2.33. The molecular formula is C15H22ClFN2O3. The second-order valence-corrected chi connectivity index (χ2v) is 5.29. The summed E-state index contributed by atoms with van der Waals surface area (Å²) in [7, 11) is 2.88. The van der Waals surface area contributed by atoms with E-state index in [9.17, 15) is 9.18 Å². The fourth-order valence-corrected chi connectivity index (χ4v) is 2.71. The number of benzene rings is 1. The molecule has 0 unspecified atom stereocenters. The lowest BCUT2D eigenvalue weighted by Crippen LogP contribution is -2.28. The van der Waals surface area contributed by atoms with E-state index in [0.29, 0.717) is 12.2 Å². The van der Waals surface area contributed by atoms with E-state index >= 15 is 0 Å². The fraction of sp³-hybridized carbons (Fsp3) is 0.533. The van der Waals surface area contributed by atoms with Crippen molar-refractivity contribution in [3.63, 3.8) is 0 Å². The maximum absolute atomic E-state index is 13.9. The van der Waals surface area contributed by atoms with Crippen molar-refractivity contribution in [2.75, 3.05) is 19.5 Å². The van der Waals surface area contributed by atoms with E-state index in [1.165, 1.54) is 26.4 Å². The Morgan fingerprint density at radius 1 is 1.32 bits per heavy atom. The van der Waals surface area contributed by atoms with Gasteiger partial charge in [0, 0.05) is 24.6 Å². The predicted octanol–water partition coefficient (Wildman–Crippen LogP) is 2.72. The molecule has 0 saturated heterocycles. The van der Waals surface area contributed by atoms with Gasteiger partial charge in [0.05, 0.1) is 19.9 Å². The number of carbonyl (C=O) groups excluding carboxylic acids is 1. The van der Waals surface area contributed by atoms with Gasteiger partial charge in [0.15, 0.2) is 17.3 Å². The third-order valence-electron chi connectivity index (χ3n) is 3.91. The van der Waals surface area contributed by atoms with Crippen LogP contribution >= 0.6 is 12.4 Å². The Morgan fingerprint density at radius 2 is 1.95 bits per heavy atom. The Labute approximate surface area is 135 Å². The van der Waals surface area contributed by atoms with Crippen LogP contribution in [0.15, 0.2) is 12.1 Å². The van der Waals surface area contributed by atoms with Crippen molar-refractivity contribution in [3.8, 4) is 11.5 Å². The summed E-state index contributed by atoms with van der Waals surface area (Å²) in [5.74, 6) is 0.0333. The molecule has 7 heteroatoms. The Balaban J connectivity index is 0.00000242. The van der Waals surface area contributed by atoms with E-state index < -0.39 is 5.82 Å². The van der Waals surface area contributed by atoms with Crippen LogP contribution < -0.4 is 20.5 Å². The molecular weight excluding hydrogens is 311 g/mol. The number of nitrogens with one attached hydrogen (secondary N) is 1. The molecule has 3 N–H and O–H groups in total. The van der Waals surface area contributed by atoms with Crippen molar-refractivity contribution < 1.29 is 18.7 Å². The minimum absolute atomic E-state index is 0. The number of hydrogen-bond donors (Lipinski definition) is 2. The number of hydrogen-bond acceptors (Lipinski definition) is 4. The van der Waals surface area contributed by atoms with Crippen LogP contribution in [-0.4, -0.2) is 26.2 Å². The second-order valence-electron chi connectivity index (χ2n) is 5.29. The van der Waals surface area contributed by atoms with Gasteiger partial charge in [0.25, 0.3) is 0 Å². The zero-order chi connectivity index (χ0) is 15.4. The van der Waals surface area contributed by atoms with Crippen molar-refractivity contribution in [3.05, 3.63) is 17.9 Å². The standard InChI is InChI=1S/C15H21FN2O3.ClH/c1-20-13-7-10(16)12(8-14(13)21-2)18-15(19)6-9-4-3-5-11(9)17;/h7-9,11H,3-6,17H2,1-2H3,(H,18,19);1H/t9-,11+;/m0./s1. The molecule has 2 rings (SSSR count). The lowest BCUT2D eigenvalue weighted by molar-refractivity contribution is -0.117. The topological polar surface area (TPSA) is 73.6 Å². The van der Waals surface area contributed by atoms with E-state index in [1.807, 2.05) is 0 Å². The molecule has 1 amide bonds. The zero-order valence-corrected chi connectivity index (χ0v) is 13.5. The molecule has 0 aromatic heterocycles. The number of anilines is 1. The Bertz CT molecular complexity index is 528. The molecule has 0 radical (unpaired) electrons. The van der Waals surface area contributed by atoms with E-state index in [0.717, 1.165) is 19.3 Å². The van der Waals surface area contributed by atoms with Crippen LogP contribution in [0.1, 0.15) is 25.7 Å². The van der Waals surface area contributed by atoms with Gasteiger partial charge < -0.3 is 20.5 Å². The molecule has 0 heterocycles. The monoisotopic (exact) mass is 332 g/mol. The first-order valence-corrected chi connectivity index (χ1v) is 7.02. The Hall–Kier alpha value is -1.53. The average molecular weight is 333 g/mol. The fourth-order valence-electron chi connectivity index (χ4n) is 2.71. The quantitative estimate of drug-likeness (QED) is 0.869. The van der Waals surface area contributed by atoms with Gasteiger partial charge >= 0.3 is 0 Å². The SMILES string of the molecule is COc1cc(F)c(NC(=O)C[C@@H]2CCC[C@H]2N)cc1OC.Cl. The van der Waals surface area contributed by atoms with Crippen molar-refractivity contribution in [1.82, 2.24) is 0 Å². The summed E-state index contributed by atoms with van der Waals surface area (Å²) in [6.07, 6.45) is 3.25. The molecule has 124 valence electrons. The number of nitrogens with two attached hydrogens (primary N) is 1. The summed E-state index contributed by atoms with van der Waals surface area (Å²) in [5, 5.41) is 2.58.